The predicted octanol–water partition coefficient (Wildman–Crippen LogP) is 5.17. The van der Waals surface area contributed by atoms with Gasteiger partial charge >= 0.3 is 0 Å². The Morgan fingerprint density at radius 3 is 2.76 bits per heavy atom. The molecule has 0 saturated carbocycles. The van der Waals surface area contributed by atoms with Crippen LogP contribution in [0.2, 0.25) is 0 Å². The maximum atomic E-state index is 11.3. The first-order valence-corrected chi connectivity index (χ1v) is 9.99. The summed E-state index contributed by atoms with van der Waals surface area (Å²) in [5, 5.41) is 14.4. The molecule has 1 aliphatic rings. The van der Waals surface area contributed by atoms with Gasteiger partial charge in [0.15, 0.2) is 6.29 Å². The van der Waals surface area contributed by atoms with Crippen LogP contribution in [0.3, 0.4) is 0 Å². The molecule has 0 radical (unpaired) electrons. The standard InChI is InChI=1S/C20H28N2O4.C3H6/c1-5-6-20(24)17(11-23)15(4)26-12-16-8-10-25-13-18(16)19-7-9-21-22(19)14(2)3;1-3-2/h6-7,9,11,14,24H,5,8,10,12-13H2,1-4H3;3H,1H2,2H3/b17-15+,20-6+;. The summed E-state index contributed by atoms with van der Waals surface area (Å²) in [6, 6.07) is 2.23. The van der Waals surface area contributed by atoms with Gasteiger partial charge in [0, 0.05) is 17.8 Å². The zero-order valence-electron chi connectivity index (χ0n) is 18.3. The Morgan fingerprint density at radius 1 is 1.48 bits per heavy atom. The van der Waals surface area contributed by atoms with Crippen LogP contribution in [-0.4, -0.2) is 41.0 Å². The third-order valence-electron chi connectivity index (χ3n) is 4.32. The van der Waals surface area contributed by atoms with Gasteiger partial charge in [0.2, 0.25) is 0 Å². The van der Waals surface area contributed by atoms with Crippen molar-refractivity contribution in [1.29, 1.82) is 0 Å². The van der Waals surface area contributed by atoms with Crippen LogP contribution < -0.4 is 0 Å². The van der Waals surface area contributed by atoms with Crippen LogP contribution in [0.4, 0.5) is 0 Å². The molecule has 0 bridgehead atoms. The first-order chi connectivity index (χ1) is 13.9. The highest BCUT2D eigenvalue weighted by Crippen LogP contribution is 2.27. The van der Waals surface area contributed by atoms with Crippen molar-refractivity contribution in [3.05, 3.63) is 59.4 Å². The van der Waals surface area contributed by atoms with Crippen molar-refractivity contribution in [2.24, 2.45) is 0 Å². The lowest BCUT2D eigenvalue weighted by Gasteiger charge is -2.23. The van der Waals surface area contributed by atoms with Crippen molar-refractivity contribution < 1.29 is 19.4 Å². The number of nitrogens with zero attached hydrogens (tertiary/aromatic N) is 2. The molecule has 1 aliphatic heterocycles. The first-order valence-electron chi connectivity index (χ1n) is 9.99. The molecule has 2 rings (SSSR count). The summed E-state index contributed by atoms with van der Waals surface area (Å²) >= 11 is 0. The summed E-state index contributed by atoms with van der Waals surface area (Å²) in [4.78, 5) is 11.3. The van der Waals surface area contributed by atoms with Crippen molar-refractivity contribution >= 4 is 11.9 Å². The normalized spacial score (nSPS) is 15.4. The van der Waals surface area contributed by atoms with Crippen molar-refractivity contribution in [3.63, 3.8) is 0 Å². The van der Waals surface area contributed by atoms with E-state index in [4.69, 9.17) is 9.47 Å². The van der Waals surface area contributed by atoms with Gasteiger partial charge in [-0.15, -0.1) is 6.58 Å². The third-order valence-corrected chi connectivity index (χ3v) is 4.32. The van der Waals surface area contributed by atoms with Crippen LogP contribution in [0.15, 0.2) is 53.7 Å². The van der Waals surface area contributed by atoms with Gasteiger partial charge in [0.25, 0.3) is 0 Å². The fourth-order valence-corrected chi connectivity index (χ4v) is 2.90. The molecule has 1 aromatic rings. The maximum Gasteiger partial charge on any atom is 0.157 e. The summed E-state index contributed by atoms with van der Waals surface area (Å²) in [5.41, 5.74) is 3.43. The molecule has 1 aromatic heterocycles. The highest BCUT2D eigenvalue weighted by atomic mass is 16.5. The number of allylic oxidation sites excluding steroid dienone is 4. The van der Waals surface area contributed by atoms with E-state index in [2.05, 4.69) is 25.5 Å². The minimum Gasteiger partial charge on any atom is -0.507 e. The monoisotopic (exact) mass is 402 g/mol. The molecule has 29 heavy (non-hydrogen) atoms. The average molecular weight is 403 g/mol. The number of rotatable bonds is 8. The van der Waals surface area contributed by atoms with Crippen LogP contribution in [0, 0.1) is 0 Å². The lowest BCUT2D eigenvalue weighted by molar-refractivity contribution is -0.105. The van der Waals surface area contributed by atoms with E-state index in [1.54, 1.807) is 25.3 Å². The number of carbonyl (C=O) groups is 1. The Bertz CT molecular complexity index is 770. The van der Waals surface area contributed by atoms with Crippen LogP contribution in [0.5, 0.6) is 0 Å². The molecule has 0 amide bonds. The molecule has 0 fully saturated rings. The molecular weight excluding hydrogens is 368 g/mol. The van der Waals surface area contributed by atoms with Gasteiger partial charge in [-0.3, -0.25) is 9.48 Å². The second-order valence-electron chi connectivity index (χ2n) is 6.92. The Hall–Kier alpha value is -2.60. The van der Waals surface area contributed by atoms with E-state index in [9.17, 15) is 9.90 Å². The van der Waals surface area contributed by atoms with E-state index >= 15 is 0 Å². The molecule has 0 atom stereocenters. The zero-order chi connectivity index (χ0) is 21.8. The molecule has 160 valence electrons. The second-order valence-corrected chi connectivity index (χ2v) is 6.92. The van der Waals surface area contributed by atoms with Gasteiger partial charge in [0.05, 0.1) is 24.5 Å². The Labute approximate surface area is 174 Å². The molecule has 0 aliphatic carbocycles. The van der Waals surface area contributed by atoms with E-state index in [0.717, 1.165) is 23.3 Å². The molecule has 0 spiro atoms. The quantitative estimate of drug-likeness (QED) is 0.213. The van der Waals surface area contributed by atoms with E-state index in [0.29, 0.717) is 38.3 Å². The first kappa shape index (κ1) is 24.4. The van der Waals surface area contributed by atoms with Crippen molar-refractivity contribution in [3.8, 4) is 0 Å². The van der Waals surface area contributed by atoms with Crippen LogP contribution in [0.25, 0.3) is 5.57 Å². The van der Waals surface area contributed by atoms with Gasteiger partial charge in [0.1, 0.15) is 18.1 Å². The highest BCUT2D eigenvalue weighted by Gasteiger charge is 2.20. The lowest BCUT2D eigenvalue weighted by Crippen LogP contribution is -2.17. The summed E-state index contributed by atoms with van der Waals surface area (Å²) in [5.74, 6) is 0.372. The number of ether oxygens (including phenoxy) is 2. The molecule has 1 N–H and O–H groups in total. The SMILES string of the molecule is C=CC.CC/C=C(O)\C(C=O)=C(/C)OCC1=C(c2ccnn2C(C)C)COCC1. The number of aromatic nitrogens is 2. The molecular formula is C23H34N2O4. The number of aldehydes is 1. The topological polar surface area (TPSA) is 73.6 Å². The lowest BCUT2D eigenvalue weighted by atomic mass is 10.0. The number of aliphatic hydroxyl groups is 1. The van der Waals surface area contributed by atoms with Crippen molar-refractivity contribution in [2.45, 2.75) is 53.5 Å². The van der Waals surface area contributed by atoms with Gasteiger partial charge in [-0.2, -0.15) is 5.10 Å². The number of carbonyl (C=O) groups excluding carboxylic acids is 1. The van der Waals surface area contributed by atoms with Crippen molar-refractivity contribution in [1.82, 2.24) is 9.78 Å². The molecule has 0 saturated heterocycles. The van der Waals surface area contributed by atoms with Gasteiger partial charge in [-0.1, -0.05) is 13.0 Å². The molecule has 6 heteroatoms. The van der Waals surface area contributed by atoms with Gasteiger partial charge < -0.3 is 14.6 Å². The second kappa shape index (κ2) is 12.8. The number of aliphatic hydroxyl groups excluding tert-OH is 1. The minimum absolute atomic E-state index is 0.0425. The molecule has 0 unspecified atom stereocenters. The van der Waals surface area contributed by atoms with Crippen LogP contribution >= 0.6 is 0 Å². The van der Waals surface area contributed by atoms with E-state index in [1.807, 2.05) is 24.6 Å². The van der Waals surface area contributed by atoms with Crippen LogP contribution in [0.1, 0.15) is 59.2 Å². The molecule has 0 aromatic carbocycles. The zero-order valence-corrected chi connectivity index (χ0v) is 18.3. The largest absolute Gasteiger partial charge is 0.507 e. The molecule has 6 nitrogen and oxygen atoms in total. The predicted molar refractivity (Wildman–Crippen MR) is 117 cm³/mol. The Morgan fingerprint density at radius 2 is 2.17 bits per heavy atom. The fourth-order valence-electron chi connectivity index (χ4n) is 2.90. The van der Waals surface area contributed by atoms with Gasteiger partial charge in [-0.25, -0.2) is 0 Å². The van der Waals surface area contributed by atoms with E-state index in [1.165, 1.54) is 0 Å². The highest BCUT2D eigenvalue weighted by molar-refractivity contribution is 5.79. The minimum atomic E-state index is -0.0425. The average Bonchev–Trinajstić information content (AvgIpc) is 3.18. The Balaban J connectivity index is 0.00000132. The van der Waals surface area contributed by atoms with Gasteiger partial charge in [-0.05, 0) is 58.3 Å². The van der Waals surface area contributed by atoms with E-state index in [-0.39, 0.29) is 17.4 Å². The number of hydrogen-bond acceptors (Lipinski definition) is 5. The summed E-state index contributed by atoms with van der Waals surface area (Å²) < 4.78 is 13.5. The maximum absolute atomic E-state index is 11.3. The summed E-state index contributed by atoms with van der Waals surface area (Å²) in [6.07, 6.45) is 7.17. The molecule has 2 heterocycles. The smallest absolute Gasteiger partial charge is 0.157 e. The van der Waals surface area contributed by atoms with E-state index < -0.39 is 0 Å². The van der Waals surface area contributed by atoms with Crippen molar-refractivity contribution in [2.75, 3.05) is 19.8 Å². The third kappa shape index (κ3) is 7.06. The summed E-state index contributed by atoms with van der Waals surface area (Å²) in [6.45, 7) is 14.5. The van der Waals surface area contributed by atoms with Crippen LogP contribution in [-0.2, 0) is 14.3 Å². The Kier molecular flexibility index (Phi) is 10.8. The number of hydrogen-bond donors (Lipinski definition) is 1. The summed E-state index contributed by atoms with van der Waals surface area (Å²) in [7, 11) is 0. The fraction of sp³-hybridized carbons (Fsp3) is 0.478.